The van der Waals surface area contributed by atoms with E-state index in [1.54, 1.807) is 14.2 Å². The van der Waals surface area contributed by atoms with Crippen molar-refractivity contribution in [3.8, 4) is 23.0 Å². The van der Waals surface area contributed by atoms with E-state index in [1.165, 1.54) is 0 Å². The van der Waals surface area contributed by atoms with Crippen LogP contribution in [0.3, 0.4) is 0 Å². The van der Waals surface area contributed by atoms with Crippen LogP contribution in [0.5, 0.6) is 23.0 Å². The Morgan fingerprint density at radius 3 is 1.72 bits per heavy atom. The van der Waals surface area contributed by atoms with Crippen molar-refractivity contribution >= 4 is 12.4 Å². The summed E-state index contributed by atoms with van der Waals surface area (Å²) in [6.07, 6.45) is 4.15. The Hall–Kier alpha value is -3.02. The van der Waals surface area contributed by atoms with Crippen molar-refractivity contribution in [3.63, 3.8) is 0 Å². The zero-order chi connectivity index (χ0) is 17.0. The number of hydrogen-bond acceptors (Lipinski definition) is 4. The molecule has 0 atom stereocenters. The summed E-state index contributed by atoms with van der Waals surface area (Å²) in [4.78, 5) is 0. The monoisotopic (exact) mass is 338 g/mol. The quantitative estimate of drug-likeness (QED) is 0.782. The third-order valence-electron chi connectivity index (χ3n) is 4.82. The van der Waals surface area contributed by atoms with Crippen LogP contribution < -0.4 is 18.9 Å². The molecule has 0 bridgehead atoms. The molecule has 0 saturated carbocycles. The van der Waals surface area contributed by atoms with Crippen molar-refractivity contribution < 1.29 is 28.1 Å². The van der Waals surface area contributed by atoms with Gasteiger partial charge in [-0.15, -0.1) is 0 Å². The van der Waals surface area contributed by atoms with E-state index in [0.717, 1.165) is 47.2 Å². The first-order valence-corrected chi connectivity index (χ1v) is 8.19. The Labute approximate surface area is 145 Å². The maximum absolute atomic E-state index is 6.34. The molecule has 2 aromatic carbocycles. The van der Waals surface area contributed by atoms with Crippen LogP contribution in [-0.2, 0) is 0 Å². The molecule has 0 aliphatic carbocycles. The molecule has 25 heavy (non-hydrogen) atoms. The summed E-state index contributed by atoms with van der Waals surface area (Å²) in [5.74, 6) is 3.15. The Kier molecular flexibility index (Phi) is 2.86. The highest BCUT2D eigenvalue weighted by Gasteiger charge is 2.68. The van der Waals surface area contributed by atoms with E-state index in [1.807, 2.05) is 36.4 Å². The lowest BCUT2D eigenvalue weighted by atomic mass is 10.1. The molecule has 1 spiro atoms. The average molecular weight is 338 g/mol. The number of rotatable bonds is 2. The van der Waals surface area contributed by atoms with Crippen LogP contribution in [0.2, 0.25) is 0 Å². The van der Waals surface area contributed by atoms with Gasteiger partial charge in [0.2, 0.25) is 13.1 Å². The molecule has 6 nitrogen and oxygen atoms in total. The lowest BCUT2D eigenvalue weighted by Gasteiger charge is -2.27. The normalized spacial score (nSPS) is 18.3. The number of hydrogen-bond donors (Lipinski definition) is 0. The maximum Gasteiger partial charge on any atom is 0.704 e. The number of fused-ring (bicyclic) bond motifs is 2. The van der Waals surface area contributed by atoms with Crippen LogP contribution in [0, 0.1) is 0 Å². The van der Waals surface area contributed by atoms with Gasteiger partial charge in [-0.25, -0.2) is 0 Å². The van der Waals surface area contributed by atoms with Crippen LogP contribution in [-0.4, -0.2) is 54.9 Å². The second-order valence-corrected chi connectivity index (χ2v) is 6.21. The highest BCUT2D eigenvalue weighted by atomic mass is 16.7. The molecule has 5 rings (SSSR count). The first-order chi connectivity index (χ1) is 12.2. The smallest absolute Gasteiger partial charge is 0.497 e. The summed E-state index contributed by atoms with van der Waals surface area (Å²) in [6.45, 7) is 1.61. The van der Waals surface area contributed by atoms with Crippen LogP contribution >= 0.6 is 0 Å². The van der Waals surface area contributed by atoms with Gasteiger partial charge >= 0.3 is 6.03 Å². The lowest BCUT2D eigenvalue weighted by molar-refractivity contribution is -0.855. The Balaban J connectivity index is 1.62. The Morgan fingerprint density at radius 1 is 0.800 bits per heavy atom. The predicted octanol–water partition coefficient (Wildman–Crippen LogP) is 1.68. The Morgan fingerprint density at radius 2 is 1.28 bits per heavy atom. The molecular weight excluding hydrogens is 320 g/mol. The van der Waals surface area contributed by atoms with Crippen molar-refractivity contribution in [1.82, 2.24) is 0 Å². The molecule has 3 aliphatic rings. The minimum absolute atomic E-state index is 0.773. The highest BCUT2D eigenvalue weighted by molar-refractivity contribution is 5.83. The molecule has 6 heteroatoms. The summed E-state index contributed by atoms with van der Waals surface area (Å²) in [6, 6.07) is 10.6. The van der Waals surface area contributed by atoms with Gasteiger partial charge in [0.15, 0.2) is 23.9 Å². The molecule has 0 amide bonds. The number of nitrogens with zero attached hydrogens (tertiary/aromatic N) is 2. The molecule has 1 fully saturated rings. The fourth-order valence-corrected chi connectivity index (χ4v) is 3.53. The summed E-state index contributed by atoms with van der Waals surface area (Å²) in [5.41, 5.74) is 1.96. The SMILES string of the molecule is COc1ccc2c(c1)C=[N+]1CC[N+]3=Cc4cc(OC)ccc4OC13O2. The van der Waals surface area contributed by atoms with E-state index < -0.39 is 6.03 Å². The molecule has 0 radical (unpaired) electrons. The van der Waals surface area contributed by atoms with Gasteiger partial charge in [0.25, 0.3) is 0 Å². The highest BCUT2D eigenvalue weighted by Crippen LogP contribution is 2.38. The first-order valence-electron chi connectivity index (χ1n) is 8.19. The van der Waals surface area contributed by atoms with E-state index >= 15 is 0 Å². The van der Waals surface area contributed by atoms with Gasteiger partial charge in [-0.3, -0.25) is 0 Å². The van der Waals surface area contributed by atoms with Gasteiger partial charge < -0.3 is 18.9 Å². The molecular formula is C19H18N2O4+2. The van der Waals surface area contributed by atoms with E-state index in [-0.39, 0.29) is 0 Å². The molecule has 2 aromatic rings. The van der Waals surface area contributed by atoms with E-state index in [0.29, 0.717) is 0 Å². The number of methoxy groups -OCH3 is 2. The summed E-state index contributed by atoms with van der Waals surface area (Å²) in [5, 5.41) is 0. The summed E-state index contributed by atoms with van der Waals surface area (Å²) >= 11 is 0. The zero-order valence-electron chi connectivity index (χ0n) is 14.1. The second-order valence-electron chi connectivity index (χ2n) is 6.21. The van der Waals surface area contributed by atoms with Gasteiger partial charge in [-0.05, 0) is 36.4 Å². The second kappa shape index (κ2) is 4.99. The third kappa shape index (κ3) is 1.97. The van der Waals surface area contributed by atoms with Crippen molar-refractivity contribution in [3.05, 3.63) is 47.5 Å². The standard InChI is InChI=1S/C19H18N2O4/c1-22-15-3-5-17-13(9-15)11-20-7-8-21-12-14-10-16(23-2)4-6-18(14)25-19(20,21)24-17/h3-6,9-12H,7-8H2,1-2H3/q+2. The molecule has 3 aliphatic heterocycles. The van der Waals surface area contributed by atoms with E-state index in [2.05, 4.69) is 21.6 Å². The summed E-state index contributed by atoms with van der Waals surface area (Å²) in [7, 11) is 3.32. The molecule has 0 N–H and O–H groups in total. The number of benzene rings is 2. The fraction of sp³-hybridized carbons (Fsp3) is 0.263. The van der Waals surface area contributed by atoms with Crippen molar-refractivity contribution in [2.24, 2.45) is 0 Å². The predicted molar refractivity (Wildman–Crippen MR) is 90.6 cm³/mol. The lowest BCUT2D eigenvalue weighted by Crippen LogP contribution is -2.59. The topological polar surface area (TPSA) is 42.9 Å². The zero-order valence-corrected chi connectivity index (χ0v) is 14.1. The number of ether oxygens (including phenoxy) is 4. The molecule has 3 heterocycles. The minimum Gasteiger partial charge on any atom is -0.497 e. The van der Waals surface area contributed by atoms with Crippen LogP contribution in [0.4, 0.5) is 0 Å². The van der Waals surface area contributed by atoms with Crippen molar-refractivity contribution in [1.29, 1.82) is 0 Å². The van der Waals surface area contributed by atoms with Crippen LogP contribution in [0.15, 0.2) is 36.4 Å². The van der Waals surface area contributed by atoms with Gasteiger partial charge in [-0.1, -0.05) is 9.15 Å². The summed E-state index contributed by atoms with van der Waals surface area (Å²) < 4.78 is 27.5. The Bertz CT molecular complexity index is 871. The van der Waals surface area contributed by atoms with Crippen molar-refractivity contribution in [2.75, 3.05) is 27.3 Å². The van der Waals surface area contributed by atoms with Crippen LogP contribution in [0.1, 0.15) is 11.1 Å². The fourth-order valence-electron chi connectivity index (χ4n) is 3.53. The maximum atomic E-state index is 6.34. The van der Waals surface area contributed by atoms with E-state index in [9.17, 15) is 0 Å². The molecule has 0 aromatic heterocycles. The van der Waals surface area contributed by atoms with Crippen molar-refractivity contribution in [2.45, 2.75) is 6.03 Å². The van der Waals surface area contributed by atoms with Gasteiger partial charge in [0.1, 0.15) is 11.5 Å². The molecule has 0 unspecified atom stereocenters. The first kappa shape index (κ1) is 14.3. The molecule has 1 saturated heterocycles. The largest absolute Gasteiger partial charge is 0.704 e. The van der Waals surface area contributed by atoms with Crippen LogP contribution in [0.25, 0.3) is 0 Å². The van der Waals surface area contributed by atoms with E-state index in [4.69, 9.17) is 18.9 Å². The molecule has 126 valence electrons. The average Bonchev–Trinajstić information content (AvgIpc) is 3.00. The van der Waals surface area contributed by atoms with Gasteiger partial charge in [0, 0.05) is 0 Å². The van der Waals surface area contributed by atoms with Gasteiger partial charge in [-0.2, -0.15) is 0 Å². The third-order valence-corrected chi connectivity index (χ3v) is 4.82. The van der Waals surface area contributed by atoms with Gasteiger partial charge in [0.05, 0.1) is 25.3 Å². The minimum atomic E-state index is -0.969.